The van der Waals surface area contributed by atoms with Gasteiger partial charge in [-0.3, -0.25) is 0 Å². The molecule has 2 aromatic rings. The monoisotopic (exact) mass is 227 g/mol. The Bertz CT molecular complexity index is 564. The highest BCUT2D eigenvalue weighted by atomic mass is 15.1. The van der Waals surface area contributed by atoms with Gasteiger partial charge in [0.25, 0.3) is 0 Å². The van der Waals surface area contributed by atoms with E-state index in [0.29, 0.717) is 0 Å². The van der Waals surface area contributed by atoms with Crippen molar-refractivity contribution in [3.8, 4) is 0 Å². The van der Waals surface area contributed by atoms with Gasteiger partial charge in [0.15, 0.2) is 0 Å². The Labute approximate surface area is 101 Å². The summed E-state index contributed by atoms with van der Waals surface area (Å²) in [5.74, 6) is 0.830. The van der Waals surface area contributed by atoms with Crippen LogP contribution in [0.5, 0.6) is 0 Å². The third-order valence-corrected chi connectivity index (χ3v) is 3.40. The summed E-state index contributed by atoms with van der Waals surface area (Å²) in [6.07, 6.45) is 4.55. The van der Waals surface area contributed by atoms with E-state index in [1.165, 1.54) is 18.2 Å². The first-order valence-corrected chi connectivity index (χ1v) is 6.11. The maximum atomic E-state index is 4.49. The summed E-state index contributed by atoms with van der Waals surface area (Å²) in [5.41, 5.74) is 3.20. The maximum Gasteiger partial charge on any atom is 0.140 e. The second kappa shape index (κ2) is 3.91. The molecule has 0 saturated heterocycles. The highest BCUT2D eigenvalue weighted by Crippen LogP contribution is 2.33. The minimum atomic E-state index is 0.830. The van der Waals surface area contributed by atoms with Crippen LogP contribution < -0.4 is 5.32 Å². The van der Waals surface area contributed by atoms with E-state index in [0.717, 1.165) is 29.5 Å². The average molecular weight is 227 g/mol. The summed E-state index contributed by atoms with van der Waals surface area (Å²) in [7, 11) is 1.91. The van der Waals surface area contributed by atoms with Gasteiger partial charge in [-0.15, -0.1) is 0 Å². The lowest BCUT2D eigenvalue weighted by Gasteiger charge is -2.11. The second-order valence-electron chi connectivity index (χ2n) is 4.73. The molecule has 1 aliphatic carbocycles. The number of pyridine rings is 1. The zero-order valence-electron chi connectivity index (χ0n) is 10.1. The van der Waals surface area contributed by atoms with Crippen LogP contribution in [-0.2, 0) is 6.54 Å². The Balaban J connectivity index is 2.13. The van der Waals surface area contributed by atoms with Crippen LogP contribution >= 0.6 is 0 Å². The summed E-state index contributed by atoms with van der Waals surface area (Å²) in [5, 5.41) is 4.33. The van der Waals surface area contributed by atoms with E-state index in [1.54, 1.807) is 0 Å². The van der Waals surface area contributed by atoms with E-state index in [9.17, 15) is 0 Å². The van der Waals surface area contributed by atoms with E-state index in [1.807, 2.05) is 19.3 Å². The third kappa shape index (κ3) is 1.82. The van der Waals surface area contributed by atoms with Gasteiger partial charge in [0, 0.05) is 25.2 Å². The van der Waals surface area contributed by atoms with E-state index >= 15 is 0 Å². The summed E-state index contributed by atoms with van der Waals surface area (Å²) in [6, 6.07) is 6.26. The first kappa shape index (κ1) is 10.4. The molecule has 0 atom stereocenters. The predicted octanol–water partition coefficient (Wildman–Crippen LogP) is 2.64. The quantitative estimate of drug-likeness (QED) is 0.870. The van der Waals surface area contributed by atoms with Gasteiger partial charge in [-0.2, -0.15) is 0 Å². The lowest BCUT2D eigenvalue weighted by molar-refractivity contribution is 0.635. The Morgan fingerprint density at radius 2 is 2.41 bits per heavy atom. The van der Waals surface area contributed by atoms with Crippen LogP contribution in [0.4, 0.5) is 0 Å². The van der Waals surface area contributed by atoms with Crippen molar-refractivity contribution in [1.29, 1.82) is 0 Å². The van der Waals surface area contributed by atoms with Gasteiger partial charge in [-0.05, 0) is 37.0 Å². The highest BCUT2D eigenvalue weighted by Gasteiger charge is 2.24. The Kier molecular flexibility index (Phi) is 2.39. The van der Waals surface area contributed by atoms with Crippen LogP contribution in [0, 0.1) is 5.92 Å². The Hall–Kier alpha value is -1.77. The van der Waals surface area contributed by atoms with Gasteiger partial charge < -0.3 is 9.88 Å². The van der Waals surface area contributed by atoms with Gasteiger partial charge in [-0.25, -0.2) is 4.98 Å². The standard InChI is InChI=1S/C14H17N3/c1-10(15-2)13-8-12-4-3-7-16-14(12)17(13)9-11-5-6-11/h3-4,7-8,11,15H,1,5-6,9H2,2H3. The van der Waals surface area contributed by atoms with Crippen molar-refractivity contribution >= 4 is 16.7 Å². The third-order valence-electron chi connectivity index (χ3n) is 3.40. The van der Waals surface area contributed by atoms with Crippen molar-refractivity contribution < 1.29 is 0 Å². The minimum absolute atomic E-state index is 0.830. The lowest BCUT2D eigenvalue weighted by Crippen LogP contribution is -2.10. The van der Waals surface area contributed by atoms with Crippen molar-refractivity contribution in [3.05, 3.63) is 36.7 Å². The van der Waals surface area contributed by atoms with Crippen molar-refractivity contribution in [2.24, 2.45) is 5.92 Å². The van der Waals surface area contributed by atoms with Gasteiger partial charge >= 0.3 is 0 Å². The molecule has 0 spiro atoms. The summed E-state index contributed by atoms with van der Waals surface area (Å²) in [6.45, 7) is 5.13. The van der Waals surface area contributed by atoms with Crippen molar-refractivity contribution in [3.63, 3.8) is 0 Å². The zero-order valence-corrected chi connectivity index (χ0v) is 10.1. The molecule has 0 aliphatic heterocycles. The number of hydrogen-bond acceptors (Lipinski definition) is 2. The number of rotatable bonds is 4. The molecule has 17 heavy (non-hydrogen) atoms. The molecule has 0 aromatic carbocycles. The Morgan fingerprint density at radius 3 is 3.12 bits per heavy atom. The number of hydrogen-bond donors (Lipinski definition) is 1. The number of aromatic nitrogens is 2. The van der Waals surface area contributed by atoms with E-state index in [-0.39, 0.29) is 0 Å². The largest absolute Gasteiger partial charge is 0.387 e. The molecule has 3 nitrogen and oxygen atoms in total. The molecule has 0 bridgehead atoms. The van der Waals surface area contributed by atoms with Gasteiger partial charge in [0.05, 0.1) is 11.4 Å². The molecule has 3 heteroatoms. The topological polar surface area (TPSA) is 29.9 Å². The average Bonchev–Trinajstić information content (AvgIpc) is 3.10. The molecule has 0 unspecified atom stereocenters. The number of fused-ring (bicyclic) bond motifs is 1. The minimum Gasteiger partial charge on any atom is -0.387 e. The Morgan fingerprint density at radius 1 is 1.59 bits per heavy atom. The first-order valence-electron chi connectivity index (χ1n) is 6.11. The fraction of sp³-hybridized carbons (Fsp3) is 0.357. The lowest BCUT2D eigenvalue weighted by atomic mass is 10.3. The maximum absolute atomic E-state index is 4.49. The van der Waals surface area contributed by atoms with Crippen molar-refractivity contribution in [2.45, 2.75) is 19.4 Å². The molecule has 1 N–H and O–H groups in total. The molecular weight excluding hydrogens is 210 g/mol. The van der Waals surface area contributed by atoms with Gasteiger partial charge in [0.1, 0.15) is 5.65 Å². The van der Waals surface area contributed by atoms with Crippen LogP contribution in [0.1, 0.15) is 18.5 Å². The van der Waals surface area contributed by atoms with Crippen molar-refractivity contribution in [2.75, 3.05) is 7.05 Å². The highest BCUT2D eigenvalue weighted by molar-refractivity contribution is 5.82. The predicted molar refractivity (Wildman–Crippen MR) is 70.6 cm³/mol. The molecular formula is C14H17N3. The molecule has 1 saturated carbocycles. The van der Waals surface area contributed by atoms with Crippen LogP contribution in [0.25, 0.3) is 16.7 Å². The van der Waals surface area contributed by atoms with Crippen LogP contribution in [-0.4, -0.2) is 16.6 Å². The second-order valence-corrected chi connectivity index (χ2v) is 4.73. The van der Waals surface area contributed by atoms with E-state index in [4.69, 9.17) is 0 Å². The fourth-order valence-corrected chi connectivity index (χ4v) is 2.21. The van der Waals surface area contributed by atoms with Gasteiger partial charge in [-0.1, -0.05) is 6.58 Å². The molecule has 88 valence electrons. The molecule has 2 heterocycles. The first-order chi connectivity index (χ1) is 8.29. The smallest absolute Gasteiger partial charge is 0.140 e. The molecule has 2 aromatic heterocycles. The number of nitrogens with one attached hydrogen (secondary N) is 1. The molecule has 0 amide bonds. The fourth-order valence-electron chi connectivity index (χ4n) is 2.21. The van der Waals surface area contributed by atoms with E-state index < -0.39 is 0 Å². The molecule has 0 radical (unpaired) electrons. The number of nitrogens with zero attached hydrogens (tertiary/aromatic N) is 2. The molecule has 1 aliphatic rings. The van der Waals surface area contributed by atoms with Crippen molar-refractivity contribution in [1.82, 2.24) is 14.9 Å². The molecule has 3 rings (SSSR count). The normalized spacial score (nSPS) is 15.1. The van der Waals surface area contributed by atoms with Gasteiger partial charge in [0.2, 0.25) is 0 Å². The summed E-state index contributed by atoms with van der Waals surface area (Å²) < 4.78 is 2.30. The van der Waals surface area contributed by atoms with E-state index in [2.05, 4.69) is 33.6 Å². The summed E-state index contributed by atoms with van der Waals surface area (Å²) >= 11 is 0. The van der Waals surface area contributed by atoms with Crippen LogP contribution in [0.3, 0.4) is 0 Å². The van der Waals surface area contributed by atoms with Crippen LogP contribution in [0.2, 0.25) is 0 Å². The summed E-state index contributed by atoms with van der Waals surface area (Å²) in [4.78, 5) is 4.49. The molecule has 1 fully saturated rings. The van der Waals surface area contributed by atoms with Crippen LogP contribution in [0.15, 0.2) is 31.0 Å². The SMILES string of the molecule is C=C(NC)c1cc2cccnc2n1CC1CC1. The zero-order chi connectivity index (χ0) is 11.8.